The molecule has 2 aromatic carbocycles. The monoisotopic (exact) mass is 381 g/mol. The van der Waals surface area contributed by atoms with Crippen LogP contribution in [0.25, 0.3) is 0 Å². The number of ether oxygens (including phenoxy) is 1. The molecule has 0 unspecified atom stereocenters. The van der Waals surface area contributed by atoms with Crippen LogP contribution in [0.2, 0.25) is 0 Å². The topological polar surface area (TPSA) is 61.9 Å². The minimum atomic E-state index is -0.0547. The first-order chi connectivity index (χ1) is 13.5. The van der Waals surface area contributed by atoms with Gasteiger partial charge < -0.3 is 19.9 Å². The Morgan fingerprint density at radius 2 is 1.75 bits per heavy atom. The molecule has 0 aliphatic carbocycles. The molecule has 1 fully saturated rings. The van der Waals surface area contributed by atoms with Gasteiger partial charge in [-0.2, -0.15) is 0 Å². The second kappa shape index (κ2) is 9.37. The Kier molecular flexibility index (Phi) is 6.66. The molecule has 0 radical (unpaired) electrons. The Morgan fingerprint density at radius 3 is 2.43 bits per heavy atom. The number of amides is 2. The fraction of sp³-hybridized carbons (Fsp3) is 0.364. The predicted octanol–water partition coefficient (Wildman–Crippen LogP) is 2.65. The van der Waals surface area contributed by atoms with Crippen molar-refractivity contribution in [2.24, 2.45) is 0 Å². The molecule has 2 aromatic rings. The van der Waals surface area contributed by atoms with E-state index in [1.807, 2.05) is 29.2 Å². The molecule has 1 aliphatic heterocycles. The van der Waals surface area contributed by atoms with Gasteiger partial charge in [-0.05, 0) is 55.4 Å². The molecule has 3 rings (SSSR count). The van der Waals surface area contributed by atoms with Crippen molar-refractivity contribution in [1.82, 2.24) is 9.80 Å². The lowest BCUT2D eigenvalue weighted by Gasteiger charge is -2.32. The fourth-order valence-corrected chi connectivity index (χ4v) is 3.20. The number of anilines is 1. The summed E-state index contributed by atoms with van der Waals surface area (Å²) < 4.78 is 5.20. The molecule has 0 bridgehead atoms. The zero-order valence-electron chi connectivity index (χ0n) is 16.5. The normalized spacial score (nSPS) is 14.6. The van der Waals surface area contributed by atoms with Crippen molar-refractivity contribution in [1.29, 1.82) is 0 Å². The van der Waals surface area contributed by atoms with Crippen molar-refractivity contribution in [3.8, 4) is 5.75 Å². The zero-order chi connectivity index (χ0) is 19.9. The molecule has 6 nitrogen and oxygen atoms in total. The van der Waals surface area contributed by atoms with E-state index in [4.69, 9.17) is 4.74 Å². The van der Waals surface area contributed by atoms with E-state index >= 15 is 0 Å². The highest BCUT2D eigenvalue weighted by atomic mass is 16.5. The number of carbonyl (C=O) groups is 2. The fourth-order valence-electron chi connectivity index (χ4n) is 3.20. The lowest BCUT2D eigenvalue weighted by molar-refractivity contribution is -0.116. The molecule has 0 saturated carbocycles. The molecule has 0 atom stereocenters. The number of likely N-dealkylation sites (N-methyl/N-ethyl adjacent to an activating group) is 1. The van der Waals surface area contributed by atoms with Crippen molar-refractivity contribution in [3.05, 3.63) is 59.7 Å². The number of hydrogen-bond acceptors (Lipinski definition) is 4. The van der Waals surface area contributed by atoms with Gasteiger partial charge in [-0.15, -0.1) is 0 Å². The largest absolute Gasteiger partial charge is 0.497 e. The van der Waals surface area contributed by atoms with E-state index in [0.29, 0.717) is 24.1 Å². The summed E-state index contributed by atoms with van der Waals surface area (Å²) in [5.41, 5.74) is 2.41. The highest BCUT2D eigenvalue weighted by Gasteiger charge is 2.20. The standard InChI is InChI=1S/C22H27N3O3/c1-24-12-14-25(15-13-24)22(27)18-7-9-19(10-8-18)23-21(26)11-6-17-4-3-5-20(16-17)28-2/h3-5,7-10,16H,6,11-15H2,1-2H3,(H,23,26). The van der Waals surface area contributed by atoms with E-state index in [-0.39, 0.29) is 11.8 Å². The van der Waals surface area contributed by atoms with Crippen molar-refractivity contribution < 1.29 is 14.3 Å². The third-order valence-electron chi connectivity index (χ3n) is 4.98. The second-order valence-electron chi connectivity index (χ2n) is 7.07. The van der Waals surface area contributed by atoms with Gasteiger partial charge in [0.05, 0.1) is 7.11 Å². The van der Waals surface area contributed by atoms with Crippen LogP contribution in [0.15, 0.2) is 48.5 Å². The third kappa shape index (κ3) is 5.33. The summed E-state index contributed by atoms with van der Waals surface area (Å²) in [4.78, 5) is 28.9. The summed E-state index contributed by atoms with van der Waals surface area (Å²) in [5.74, 6) is 0.781. The van der Waals surface area contributed by atoms with Crippen LogP contribution in [0.1, 0.15) is 22.3 Å². The van der Waals surface area contributed by atoms with E-state index in [9.17, 15) is 9.59 Å². The van der Waals surface area contributed by atoms with Gasteiger partial charge in [0.15, 0.2) is 0 Å². The van der Waals surface area contributed by atoms with Gasteiger partial charge in [-0.3, -0.25) is 9.59 Å². The number of nitrogens with zero attached hydrogens (tertiary/aromatic N) is 2. The quantitative estimate of drug-likeness (QED) is 0.836. The molecule has 28 heavy (non-hydrogen) atoms. The Labute approximate surface area is 166 Å². The van der Waals surface area contributed by atoms with E-state index in [2.05, 4.69) is 17.3 Å². The molecule has 0 aromatic heterocycles. The average molecular weight is 381 g/mol. The predicted molar refractivity (Wildman–Crippen MR) is 110 cm³/mol. The number of rotatable bonds is 6. The molecule has 1 saturated heterocycles. The van der Waals surface area contributed by atoms with Gasteiger partial charge in [0.2, 0.25) is 5.91 Å². The van der Waals surface area contributed by atoms with Crippen molar-refractivity contribution in [2.75, 3.05) is 45.7 Å². The van der Waals surface area contributed by atoms with Gasteiger partial charge in [0, 0.05) is 43.9 Å². The number of benzene rings is 2. The molecule has 0 spiro atoms. The summed E-state index contributed by atoms with van der Waals surface area (Å²) in [6, 6.07) is 14.8. The zero-order valence-corrected chi connectivity index (χ0v) is 16.5. The highest BCUT2D eigenvalue weighted by Crippen LogP contribution is 2.16. The summed E-state index contributed by atoms with van der Waals surface area (Å²) in [6.07, 6.45) is 1.03. The van der Waals surface area contributed by atoms with Gasteiger partial charge >= 0.3 is 0 Å². The molecular weight excluding hydrogens is 354 g/mol. The van der Waals surface area contributed by atoms with Crippen molar-refractivity contribution >= 4 is 17.5 Å². The summed E-state index contributed by atoms with van der Waals surface area (Å²) in [6.45, 7) is 3.29. The van der Waals surface area contributed by atoms with Gasteiger partial charge in [0.25, 0.3) is 5.91 Å². The maximum absolute atomic E-state index is 12.6. The van der Waals surface area contributed by atoms with Gasteiger partial charge in [0.1, 0.15) is 5.75 Å². The molecule has 1 heterocycles. The molecule has 6 heteroatoms. The second-order valence-corrected chi connectivity index (χ2v) is 7.07. The Bertz CT molecular complexity index is 812. The molecule has 1 N–H and O–H groups in total. The number of nitrogens with one attached hydrogen (secondary N) is 1. The first-order valence-electron chi connectivity index (χ1n) is 9.56. The van der Waals surface area contributed by atoms with Crippen LogP contribution in [0, 0.1) is 0 Å². The number of piperazine rings is 1. The Hall–Kier alpha value is -2.86. The SMILES string of the molecule is COc1cccc(CCC(=O)Nc2ccc(C(=O)N3CCN(C)CC3)cc2)c1. The van der Waals surface area contributed by atoms with Crippen LogP contribution in [0.4, 0.5) is 5.69 Å². The van der Waals surface area contributed by atoms with Crippen molar-refractivity contribution in [3.63, 3.8) is 0 Å². The highest BCUT2D eigenvalue weighted by molar-refractivity contribution is 5.96. The summed E-state index contributed by atoms with van der Waals surface area (Å²) in [7, 11) is 3.69. The Morgan fingerprint density at radius 1 is 1.04 bits per heavy atom. The molecular formula is C22H27N3O3. The van der Waals surface area contributed by atoms with Crippen molar-refractivity contribution in [2.45, 2.75) is 12.8 Å². The van der Waals surface area contributed by atoms with E-state index in [1.54, 1.807) is 31.4 Å². The maximum atomic E-state index is 12.6. The van der Waals surface area contributed by atoms with Gasteiger partial charge in [-0.1, -0.05) is 12.1 Å². The van der Waals surface area contributed by atoms with E-state index in [1.165, 1.54) is 0 Å². The van der Waals surface area contributed by atoms with Crippen LogP contribution in [-0.2, 0) is 11.2 Å². The lowest BCUT2D eigenvalue weighted by atomic mass is 10.1. The van der Waals surface area contributed by atoms with Crippen LogP contribution in [-0.4, -0.2) is 62.0 Å². The number of hydrogen-bond donors (Lipinski definition) is 1. The number of aryl methyl sites for hydroxylation is 1. The first kappa shape index (κ1) is 19.9. The number of carbonyl (C=O) groups excluding carboxylic acids is 2. The van der Waals surface area contributed by atoms with Gasteiger partial charge in [-0.25, -0.2) is 0 Å². The molecule has 1 aliphatic rings. The minimum absolute atomic E-state index is 0.0454. The first-order valence-corrected chi connectivity index (χ1v) is 9.56. The molecule has 2 amide bonds. The minimum Gasteiger partial charge on any atom is -0.497 e. The third-order valence-corrected chi connectivity index (χ3v) is 4.98. The van der Waals surface area contributed by atoms with Crippen LogP contribution in [0.3, 0.4) is 0 Å². The Balaban J connectivity index is 1.50. The van der Waals surface area contributed by atoms with E-state index in [0.717, 1.165) is 37.5 Å². The molecule has 148 valence electrons. The smallest absolute Gasteiger partial charge is 0.253 e. The average Bonchev–Trinajstić information content (AvgIpc) is 2.73. The van der Waals surface area contributed by atoms with Crippen LogP contribution in [0.5, 0.6) is 5.75 Å². The maximum Gasteiger partial charge on any atom is 0.253 e. The van der Waals surface area contributed by atoms with Crippen LogP contribution >= 0.6 is 0 Å². The summed E-state index contributed by atoms with van der Waals surface area (Å²) >= 11 is 0. The summed E-state index contributed by atoms with van der Waals surface area (Å²) in [5, 5.41) is 2.89. The van der Waals surface area contributed by atoms with E-state index < -0.39 is 0 Å². The van der Waals surface area contributed by atoms with Crippen LogP contribution < -0.4 is 10.1 Å². The number of methoxy groups -OCH3 is 1. The lowest BCUT2D eigenvalue weighted by Crippen LogP contribution is -2.47.